The second-order valence-corrected chi connectivity index (χ2v) is 6.03. The number of carbonyl (C=O) groups excluding carboxylic acids is 1. The first-order valence-electron chi connectivity index (χ1n) is 4.63. The minimum atomic E-state index is -3.75. The first-order chi connectivity index (χ1) is 8.07. The van der Waals surface area contributed by atoms with Gasteiger partial charge in [-0.25, -0.2) is 13.2 Å². The molecule has 1 amide bonds. The quantitative estimate of drug-likeness (QED) is 0.856. The third-order valence-corrected chi connectivity index (χ3v) is 3.91. The molecule has 0 bridgehead atoms. The van der Waals surface area contributed by atoms with Crippen LogP contribution in [0.5, 0.6) is 0 Å². The van der Waals surface area contributed by atoms with Crippen molar-refractivity contribution < 1.29 is 23.1 Å². The fraction of sp³-hybridized carbons (Fsp3) is 0.200. The summed E-state index contributed by atoms with van der Waals surface area (Å²) in [6, 6.07) is 1.09. The Kier molecular flexibility index (Phi) is 3.68. The number of hydrogen-bond donors (Lipinski definition) is 2. The summed E-state index contributed by atoms with van der Waals surface area (Å²) in [6.07, 6.45) is 0.887. The Morgan fingerprint density at radius 3 is 2.22 bits per heavy atom. The summed E-state index contributed by atoms with van der Waals surface area (Å²) in [5, 5.41) is 8.43. The van der Waals surface area contributed by atoms with Crippen LogP contribution in [0, 0.1) is 6.92 Å². The molecule has 3 N–H and O–H groups in total. The molecule has 0 unspecified atom stereocenters. The fourth-order valence-electron chi connectivity index (χ4n) is 1.63. The molecule has 1 rings (SSSR count). The van der Waals surface area contributed by atoms with Gasteiger partial charge < -0.3 is 10.8 Å². The van der Waals surface area contributed by atoms with E-state index in [1.165, 1.54) is 6.92 Å². The molecule has 0 aliphatic rings. The van der Waals surface area contributed by atoms with Crippen LogP contribution in [0.2, 0.25) is 5.02 Å². The average molecular weight is 292 g/mol. The maximum absolute atomic E-state index is 11.6. The fourth-order valence-corrected chi connectivity index (χ4v) is 3.23. The van der Waals surface area contributed by atoms with Gasteiger partial charge in [0.05, 0.1) is 21.0 Å². The summed E-state index contributed by atoms with van der Waals surface area (Å²) in [7, 11) is -3.75. The van der Waals surface area contributed by atoms with Gasteiger partial charge in [0.25, 0.3) is 5.91 Å². The first-order valence-corrected chi connectivity index (χ1v) is 6.90. The van der Waals surface area contributed by atoms with Crippen LogP contribution < -0.4 is 5.73 Å². The zero-order chi connectivity index (χ0) is 14.2. The molecule has 0 fully saturated rings. The standard InChI is InChI=1S/C10H10ClNO5S/c1-4-3-5(10(14)15)7(11)6(9(12)13)8(4)18(2,16)17/h3H,1-2H3,(H2,12,13)(H,14,15). The van der Waals surface area contributed by atoms with Crippen LogP contribution in [0.15, 0.2) is 11.0 Å². The molecule has 6 nitrogen and oxygen atoms in total. The van der Waals surface area contributed by atoms with Gasteiger partial charge in [-0.05, 0) is 18.6 Å². The number of rotatable bonds is 3. The summed E-state index contributed by atoms with van der Waals surface area (Å²) in [6.45, 7) is 1.37. The molecule has 0 radical (unpaired) electrons. The lowest BCUT2D eigenvalue weighted by molar-refractivity contribution is 0.0697. The zero-order valence-corrected chi connectivity index (χ0v) is 11.1. The SMILES string of the molecule is Cc1cc(C(=O)O)c(Cl)c(C(N)=O)c1S(C)(=O)=O. The number of carboxylic acids is 1. The number of aryl methyl sites for hydroxylation is 1. The Bertz CT molecular complexity index is 651. The Labute approximate surface area is 108 Å². The third-order valence-electron chi connectivity index (χ3n) is 2.25. The van der Waals surface area contributed by atoms with Gasteiger partial charge in [0, 0.05) is 6.26 Å². The van der Waals surface area contributed by atoms with Crippen LogP contribution in [0.25, 0.3) is 0 Å². The Morgan fingerprint density at radius 1 is 1.39 bits per heavy atom. The Morgan fingerprint density at radius 2 is 1.89 bits per heavy atom. The predicted octanol–water partition coefficient (Wildman–Crippen LogP) is 0.849. The van der Waals surface area contributed by atoms with Crippen LogP contribution in [0.4, 0.5) is 0 Å². The summed E-state index contributed by atoms with van der Waals surface area (Å²) in [4.78, 5) is 21.9. The van der Waals surface area contributed by atoms with E-state index in [-0.39, 0.29) is 16.0 Å². The maximum atomic E-state index is 11.6. The molecule has 18 heavy (non-hydrogen) atoms. The van der Waals surface area contributed by atoms with Gasteiger partial charge in [-0.3, -0.25) is 4.79 Å². The molecule has 1 aromatic carbocycles. The predicted molar refractivity (Wildman–Crippen MR) is 64.8 cm³/mol. The number of halogens is 1. The summed E-state index contributed by atoms with van der Waals surface area (Å²) < 4.78 is 23.2. The van der Waals surface area contributed by atoms with Crippen molar-refractivity contribution in [3.63, 3.8) is 0 Å². The molecule has 0 aliphatic carbocycles. The third kappa shape index (κ3) is 2.46. The number of carbonyl (C=O) groups is 2. The normalized spacial score (nSPS) is 11.3. The van der Waals surface area contributed by atoms with E-state index < -0.39 is 32.3 Å². The lowest BCUT2D eigenvalue weighted by atomic mass is 10.1. The summed E-state index contributed by atoms with van der Waals surface area (Å²) in [5.41, 5.74) is 4.32. The minimum absolute atomic E-state index is 0.105. The van der Waals surface area contributed by atoms with Gasteiger partial charge in [-0.1, -0.05) is 11.6 Å². The lowest BCUT2D eigenvalue weighted by Gasteiger charge is -2.12. The van der Waals surface area contributed by atoms with Crippen molar-refractivity contribution in [2.75, 3.05) is 6.26 Å². The highest BCUT2D eigenvalue weighted by molar-refractivity contribution is 7.90. The first kappa shape index (κ1) is 14.5. The molecule has 0 atom stereocenters. The van der Waals surface area contributed by atoms with Gasteiger partial charge in [0.15, 0.2) is 9.84 Å². The molecule has 0 heterocycles. The van der Waals surface area contributed by atoms with Crippen molar-refractivity contribution in [1.82, 2.24) is 0 Å². The smallest absolute Gasteiger partial charge is 0.337 e. The number of primary amides is 1. The molecule has 0 aliphatic heterocycles. The largest absolute Gasteiger partial charge is 0.478 e. The van der Waals surface area contributed by atoms with Crippen molar-refractivity contribution in [3.8, 4) is 0 Å². The van der Waals surface area contributed by atoms with E-state index in [4.69, 9.17) is 22.4 Å². The summed E-state index contributed by atoms with van der Waals surface area (Å²) in [5.74, 6) is -2.46. The van der Waals surface area contributed by atoms with Gasteiger partial charge >= 0.3 is 5.97 Å². The molecule has 0 saturated heterocycles. The Hall–Kier alpha value is -1.60. The molecule has 0 aromatic heterocycles. The molecular formula is C10H10ClNO5S. The van der Waals surface area contributed by atoms with Crippen molar-refractivity contribution in [2.24, 2.45) is 5.73 Å². The summed E-state index contributed by atoms with van der Waals surface area (Å²) >= 11 is 5.74. The molecule has 98 valence electrons. The zero-order valence-electron chi connectivity index (χ0n) is 9.52. The van der Waals surface area contributed by atoms with Crippen LogP contribution in [0.1, 0.15) is 26.3 Å². The highest BCUT2D eigenvalue weighted by atomic mass is 35.5. The van der Waals surface area contributed by atoms with E-state index in [1.54, 1.807) is 0 Å². The molecule has 0 spiro atoms. The van der Waals surface area contributed by atoms with Crippen LogP contribution in [-0.4, -0.2) is 31.7 Å². The van der Waals surface area contributed by atoms with Gasteiger partial charge in [0.1, 0.15) is 0 Å². The highest BCUT2D eigenvalue weighted by Gasteiger charge is 2.27. The second-order valence-electron chi connectivity index (χ2n) is 3.70. The van der Waals surface area contributed by atoms with Crippen LogP contribution in [0.3, 0.4) is 0 Å². The van der Waals surface area contributed by atoms with E-state index in [0.717, 1.165) is 12.3 Å². The van der Waals surface area contributed by atoms with Gasteiger partial charge in [-0.2, -0.15) is 0 Å². The van der Waals surface area contributed by atoms with Gasteiger partial charge in [-0.15, -0.1) is 0 Å². The van der Waals surface area contributed by atoms with E-state index in [0.29, 0.717) is 0 Å². The number of nitrogens with two attached hydrogens (primary N) is 1. The molecule has 8 heteroatoms. The molecular weight excluding hydrogens is 282 g/mol. The number of amides is 1. The number of benzene rings is 1. The number of hydrogen-bond acceptors (Lipinski definition) is 4. The number of carboxylic acid groups (broad SMARTS) is 1. The van der Waals surface area contributed by atoms with Crippen molar-refractivity contribution in [3.05, 3.63) is 27.8 Å². The number of aromatic carboxylic acids is 1. The Balaban J connectivity index is 3.93. The van der Waals surface area contributed by atoms with Crippen LogP contribution in [-0.2, 0) is 9.84 Å². The second kappa shape index (κ2) is 4.58. The lowest BCUT2D eigenvalue weighted by Crippen LogP contribution is -2.19. The average Bonchev–Trinajstić information content (AvgIpc) is 2.17. The van der Waals surface area contributed by atoms with Gasteiger partial charge in [0.2, 0.25) is 0 Å². The van der Waals surface area contributed by atoms with Crippen molar-refractivity contribution in [2.45, 2.75) is 11.8 Å². The van der Waals surface area contributed by atoms with E-state index in [9.17, 15) is 18.0 Å². The maximum Gasteiger partial charge on any atom is 0.337 e. The van der Waals surface area contributed by atoms with Crippen molar-refractivity contribution >= 4 is 33.3 Å². The van der Waals surface area contributed by atoms with E-state index in [2.05, 4.69) is 0 Å². The van der Waals surface area contributed by atoms with Crippen LogP contribution >= 0.6 is 11.6 Å². The monoisotopic (exact) mass is 291 g/mol. The number of sulfone groups is 1. The van der Waals surface area contributed by atoms with E-state index in [1.807, 2.05) is 0 Å². The molecule has 0 saturated carbocycles. The minimum Gasteiger partial charge on any atom is -0.478 e. The topological polar surface area (TPSA) is 115 Å². The molecule has 1 aromatic rings. The highest BCUT2D eigenvalue weighted by Crippen LogP contribution is 2.30. The van der Waals surface area contributed by atoms with Crippen molar-refractivity contribution in [1.29, 1.82) is 0 Å². The van der Waals surface area contributed by atoms with E-state index >= 15 is 0 Å².